The predicted molar refractivity (Wildman–Crippen MR) is 34.4 cm³/mol. The van der Waals surface area contributed by atoms with E-state index in [4.69, 9.17) is 0 Å². The van der Waals surface area contributed by atoms with Crippen LogP contribution in [0.1, 0.15) is 13.8 Å². The topological polar surface area (TPSA) is 60.6 Å². The molecule has 0 unspecified atom stereocenters. The third kappa shape index (κ3) is 59.6. The summed E-state index contributed by atoms with van der Waals surface area (Å²) >= 11 is 0. The van der Waals surface area contributed by atoms with E-state index in [1.165, 1.54) is 7.05 Å². The first-order valence-electron chi connectivity index (χ1n) is 2.31. The quantitative estimate of drug-likeness (QED) is 0.550. The zero-order chi connectivity index (χ0) is 6.28. The number of hydrogen-bond acceptors (Lipinski definition) is 1. The molecule has 0 aliphatic rings. The standard InChI is InChI=1S/C3H6NO.C2H6.H2O.Y/c1-3(5)4-2;1-2;;/h1H2,2H3,(H,4,5);1-2H3;1H2;/q-1;;;. The Labute approximate surface area is 81.8 Å². The molecule has 0 rings (SSSR count). The average Bonchev–Trinajstić information content (AvgIpc) is 1.73. The maximum absolute atomic E-state index is 9.59. The number of hydrogen-bond donors (Lipinski definition) is 1. The predicted octanol–water partition coefficient (Wildman–Crippen LogP) is -0.235. The minimum Gasteiger partial charge on any atom is -0.412 e. The number of nitrogens with one attached hydrogen (secondary N) is 1. The number of rotatable bonds is 0. The first-order chi connectivity index (χ1) is 3.27. The zero-order valence-electron chi connectivity index (χ0n) is 6.19. The molecule has 0 bridgehead atoms. The van der Waals surface area contributed by atoms with E-state index in [1.807, 2.05) is 13.8 Å². The second-order valence-electron chi connectivity index (χ2n) is 0.673. The molecular weight excluding hydrogens is 195 g/mol. The van der Waals surface area contributed by atoms with Crippen LogP contribution >= 0.6 is 0 Å². The van der Waals surface area contributed by atoms with E-state index in [0.717, 1.165) is 0 Å². The third-order valence-corrected chi connectivity index (χ3v) is 0.279. The van der Waals surface area contributed by atoms with Crippen molar-refractivity contribution in [1.29, 1.82) is 0 Å². The molecule has 0 spiro atoms. The van der Waals surface area contributed by atoms with Crippen molar-refractivity contribution >= 4 is 5.91 Å². The Bertz CT molecular complexity index is 50.2. The van der Waals surface area contributed by atoms with Crippen molar-refractivity contribution in [3.8, 4) is 0 Å². The Kier molecular flexibility index (Phi) is 60.0. The minimum atomic E-state index is -0.245. The molecule has 55 valence electrons. The van der Waals surface area contributed by atoms with Gasteiger partial charge in [-0.15, -0.1) is 0 Å². The van der Waals surface area contributed by atoms with Gasteiger partial charge in [0, 0.05) is 39.8 Å². The molecule has 0 aliphatic carbocycles. The fourth-order valence-electron chi connectivity index (χ4n) is 0. The van der Waals surface area contributed by atoms with Crippen LogP contribution in [0.25, 0.3) is 0 Å². The van der Waals surface area contributed by atoms with Gasteiger partial charge >= 0.3 is 0 Å². The molecule has 0 fully saturated rings. The van der Waals surface area contributed by atoms with Gasteiger partial charge in [-0.05, 0) is 0 Å². The molecule has 3 nitrogen and oxygen atoms in total. The van der Waals surface area contributed by atoms with Gasteiger partial charge in [-0.1, -0.05) is 13.8 Å². The van der Waals surface area contributed by atoms with Crippen molar-refractivity contribution in [2.24, 2.45) is 0 Å². The molecule has 9 heavy (non-hydrogen) atoms. The largest absolute Gasteiger partial charge is 0.412 e. The summed E-state index contributed by atoms with van der Waals surface area (Å²) in [6.07, 6.45) is 0. The summed E-state index contributed by atoms with van der Waals surface area (Å²) in [4.78, 5) is 9.59. The van der Waals surface area contributed by atoms with E-state index in [0.29, 0.717) is 0 Å². The van der Waals surface area contributed by atoms with E-state index >= 15 is 0 Å². The monoisotopic (exact) mass is 209 g/mol. The summed E-state index contributed by atoms with van der Waals surface area (Å²) in [5.41, 5.74) is 0. The van der Waals surface area contributed by atoms with Crippen LogP contribution in [0.4, 0.5) is 0 Å². The zero-order valence-corrected chi connectivity index (χ0v) is 9.03. The van der Waals surface area contributed by atoms with Gasteiger partial charge in [-0.2, -0.15) is 0 Å². The molecule has 3 N–H and O–H groups in total. The van der Waals surface area contributed by atoms with Gasteiger partial charge in [-0.25, -0.2) is 0 Å². The van der Waals surface area contributed by atoms with Crippen LogP contribution < -0.4 is 5.32 Å². The first kappa shape index (κ1) is 22.7. The molecule has 0 aliphatic heterocycles. The van der Waals surface area contributed by atoms with E-state index in [-0.39, 0.29) is 44.1 Å². The maximum atomic E-state index is 9.59. The molecular formula is C5H14NO2Y-. The summed E-state index contributed by atoms with van der Waals surface area (Å²) in [6, 6.07) is 0. The molecule has 0 atom stereocenters. The van der Waals surface area contributed by atoms with Crippen LogP contribution in [0.3, 0.4) is 0 Å². The third-order valence-electron chi connectivity index (χ3n) is 0.279. The van der Waals surface area contributed by atoms with Crippen LogP contribution in [-0.4, -0.2) is 18.4 Å². The summed E-state index contributed by atoms with van der Waals surface area (Å²) in [7, 11) is 1.54. The Morgan fingerprint density at radius 1 is 1.44 bits per heavy atom. The van der Waals surface area contributed by atoms with Crippen molar-refractivity contribution < 1.29 is 43.0 Å². The van der Waals surface area contributed by atoms with Crippen LogP contribution in [0.15, 0.2) is 0 Å². The Hall–Kier alpha value is 0.404. The molecule has 0 saturated heterocycles. The van der Waals surface area contributed by atoms with Crippen molar-refractivity contribution in [3.63, 3.8) is 0 Å². The van der Waals surface area contributed by atoms with Crippen molar-refractivity contribution in [1.82, 2.24) is 5.32 Å². The molecule has 1 amide bonds. The van der Waals surface area contributed by atoms with Gasteiger partial charge in [0.2, 0.25) is 0 Å². The number of carbonyl (C=O) groups excluding carboxylic acids is 1. The fourth-order valence-corrected chi connectivity index (χ4v) is 0. The minimum absolute atomic E-state index is 0. The second-order valence-corrected chi connectivity index (χ2v) is 0.673. The summed E-state index contributed by atoms with van der Waals surface area (Å²) in [6.45, 7) is 7.01. The molecule has 0 heterocycles. The molecule has 0 aromatic carbocycles. The molecule has 0 aromatic rings. The summed E-state index contributed by atoms with van der Waals surface area (Å²) in [5, 5.41) is 2.28. The summed E-state index contributed by atoms with van der Waals surface area (Å²) in [5.74, 6) is -0.245. The molecule has 0 aromatic heterocycles. The van der Waals surface area contributed by atoms with Gasteiger partial charge in [0.05, 0.1) is 5.91 Å². The van der Waals surface area contributed by atoms with E-state index < -0.39 is 0 Å². The number of amides is 1. The molecule has 1 radical (unpaired) electrons. The van der Waals surface area contributed by atoms with Crippen LogP contribution in [0.5, 0.6) is 0 Å². The van der Waals surface area contributed by atoms with Crippen LogP contribution in [0, 0.1) is 6.92 Å². The molecule has 4 heteroatoms. The van der Waals surface area contributed by atoms with Crippen molar-refractivity contribution in [2.75, 3.05) is 7.05 Å². The van der Waals surface area contributed by atoms with E-state index in [2.05, 4.69) is 12.2 Å². The SMILES string of the molecule is CC.O.[CH2-]C(=O)NC.[Y]. The smallest absolute Gasteiger partial charge is 0.0794 e. The Balaban J connectivity index is -0.0000000286. The van der Waals surface area contributed by atoms with Crippen LogP contribution in [0.2, 0.25) is 0 Å². The van der Waals surface area contributed by atoms with Gasteiger partial charge in [0.25, 0.3) is 0 Å². The average molecular weight is 209 g/mol. The van der Waals surface area contributed by atoms with Gasteiger partial charge in [0.1, 0.15) is 0 Å². The van der Waals surface area contributed by atoms with Crippen molar-refractivity contribution in [3.05, 3.63) is 6.92 Å². The summed E-state index contributed by atoms with van der Waals surface area (Å²) < 4.78 is 0. The fraction of sp³-hybridized carbons (Fsp3) is 0.600. The van der Waals surface area contributed by atoms with E-state index in [1.54, 1.807) is 0 Å². The normalized spacial score (nSPS) is 4.33. The first-order valence-corrected chi connectivity index (χ1v) is 2.31. The van der Waals surface area contributed by atoms with Gasteiger partial charge in [0.15, 0.2) is 0 Å². The second kappa shape index (κ2) is 23.8. The maximum Gasteiger partial charge on any atom is 0.0794 e. The van der Waals surface area contributed by atoms with Gasteiger partial charge in [-0.3, -0.25) is 0 Å². The van der Waals surface area contributed by atoms with Gasteiger partial charge < -0.3 is 22.5 Å². The molecule has 0 saturated carbocycles. The van der Waals surface area contributed by atoms with Crippen molar-refractivity contribution in [2.45, 2.75) is 13.8 Å². The number of carbonyl (C=O) groups is 1. The van der Waals surface area contributed by atoms with Crippen LogP contribution in [-0.2, 0) is 37.5 Å². The Morgan fingerprint density at radius 2 is 1.56 bits per heavy atom. The Morgan fingerprint density at radius 3 is 1.56 bits per heavy atom. The van der Waals surface area contributed by atoms with E-state index in [9.17, 15) is 4.79 Å².